The number of nitrogens with one attached hydrogen (secondary N) is 1. The Balaban J connectivity index is 2.53. The highest BCUT2D eigenvalue weighted by molar-refractivity contribution is 6.30. The van der Waals surface area contributed by atoms with Crippen LogP contribution < -0.4 is 14.8 Å². The van der Waals surface area contributed by atoms with Crippen LogP contribution in [-0.2, 0) is 6.54 Å². The second-order valence-corrected chi connectivity index (χ2v) is 7.78. The number of benzene rings is 1. The fourth-order valence-electron chi connectivity index (χ4n) is 3.02. The summed E-state index contributed by atoms with van der Waals surface area (Å²) in [4.78, 5) is 2.60. The van der Waals surface area contributed by atoms with Crippen molar-refractivity contribution in [2.24, 2.45) is 0 Å². The Hall–Kier alpha value is -0.970. The van der Waals surface area contributed by atoms with Gasteiger partial charge in [0.05, 0.1) is 13.2 Å². The highest BCUT2D eigenvalue weighted by Gasteiger charge is 2.14. The van der Waals surface area contributed by atoms with Crippen LogP contribution in [0.2, 0.25) is 5.02 Å². The molecule has 0 aromatic heterocycles. The van der Waals surface area contributed by atoms with Crippen LogP contribution in [0, 0.1) is 0 Å². The first kappa shape index (κ1) is 24.1. The van der Waals surface area contributed by atoms with E-state index in [4.69, 9.17) is 21.1 Å². The summed E-state index contributed by atoms with van der Waals surface area (Å²) in [7, 11) is 1.65. The molecule has 0 bridgehead atoms. The Morgan fingerprint density at radius 2 is 1.67 bits per heavy atom. The lowest BCUT2D eigenvalue weighted by Gasteiger charge is -2.22. The number of unbranched alkanes of at least 4 members (excludes halogenated alkanes) is 2. The lowest BCUT2D eigenvalue weighted by atomic mass is 10.1. The van der Waals surface area contributed by atoms with Crippen molar-refractivity contribution >= 4 is 11.6 Å². The van der Waals surface area contributed by atoms with Gasteiger partial charge in [-0.1, -0.05) is 38.3 Å². The SMILES string of the molecule is CCCCN(CCCC)CCCNCc1cc(Cl)cc(OC)c1OC(C)C. The predicted octanol–water partition coefficient (Wildman–Crippen LogP) is 5.52. The summed E-state index contributed by atoms with van der Waals surface area (Å²) in [5.41, 5.74) is 1.04. The van der Waals surface area contributed by atoms with Gasteiger partial charge in [-0.25, -0.2) is 0 Å². The molecular formula is C22H39ClN2O2. The van der Waals surface area contributed by atoms with Gasteiger partial charge >= 0.3 is 0 Å². The monoisotopic (exact) mass is 398 g/mol. The summed E-state index contributed by atoms with van der Waals surface area (Å²) in [6.07, 6.45) is 6.33. The molecule has 0 radical (unpaired) electrons. The lowest BCUT2D eigenvalue weighted by molar-refractivity contribution is 0.227. The third-order valence-corrected chi connectivity index (χ3v) is 4.69. The minimum Gasteiger partial charge on any atom is -0.493 e. The Morgan fingerprint density at radius 1 is 1.04 bits per heavy atom. The van der Waals surface area contributed by atoms with Crippen LogP contribution >= 0.6 is 11.6 Å². The molecule has 1 rings (SSSR count). The van der Waals surface area contributed by atoms with E-state index >= 15 is 0 Å². The first-order valence-electron chi connectivity index (χ1n) is 10.5. The van der Waals surface area contributed by atoms with Crippen molar-refractivity contribution in [1.29, 1.82) is 0 Å². The first-order chi connectivity index (χ1) is 13.0. The number of nitrogens with zero attached hydrogens (tertiary/aromatic N) is 1. The van der Waals surface area contributed by atoms with Crippen LogP contribution in [0.5, 0.6) is 11.5 Å². The molecule has 4 nitrogen and oxygen atoms in total. The Kier molecular flexibility index (Phi) is 12.6. The Labute approximate surface area is 171 Å². The highest BCUT2D eigenvalue weighted by Crippen LogP contribution is 2.35. The van der Waals surface area contributed by atoms with Gasteiger partial charge in [-0.05, 0) is 65.4 Å². The largest absolute Gasteiger partial charge is 0.493 e. The molecule has 1 aromatic rings. The zero-order chi connectivity index (χ0) is 20.1. The second-order valence-electron chi connectivity index (χ2n) is 7.34. The topological polar surface area (TPSA) is 33.7 Å². The van der Waals surface area contributed by atoms with E-state index in [-0.39, 0.29) is 6.10 Å². The van der Waals surface area contributed by atoms with E-state index in [1.54, 1.807) is 7.11 Å². The molecule has 1 aromatic carbocycles. The molecule has 0 unspecified atom stereocenters. The summed E-state index contributed by atoms with van der Waals surface area (Å²) in [6, 6.07) is 3.77. The smallest absolute Gasteiger partial charge is 0.166 e. The molecule has 0 spiro atoms. The number of rotatable bonds is 15. The fourth-order valence-corrected chi connectivity index (χ4v) is 3.26. The number of methoxy groups -OCH3 is 1. The average molecular weight is 399 g/mol. The maximum absolute atomic E-state index is 6.25. The van der Waals surface area contributed by atoms with E-state index in [0.717, 1.165) is 37.4 Å². The van der Waals surface area contributed by atoms with Crippen LogP contribution in [0.4, 0.5) is 0 Å². The van der Waals surface area contributed by atoms with Crippen molar-refractivity contribution in [3.8, 4) is 11.5 Å². The quantitative estimate of drug-likeness (QED) is 0.394. The van der Waals surface area contributed by atoms with Crippen molar-refractivity contribution in [1.82, 2.24) is 10.2 Å². The first-order valence-corrected chi connectivity index (χ1v) is 10.9. The molecule has 0 aliphatic rings. The Bertz CT molecular complexity index is 515. The average Bonchev–Trinajstić information content (AvgIpc) is 2.64. The molecule has 0 atom stereocenters. The van der Waals surface area contributed by atoms with Gasteiger partial charge in [0.15, 0.2) is 11.5 Å². The number of hydrogen-bond donors (Lipinski definition) is 1. The third kappa shape index (κ3) is 9.68. The molecule has 0 heterocycles. The normalized spacial score (nSPS) is 11.4. The van der Waals surface area contributed by atoms with Gasteiger partial charge < -0.3 is 19.7 Å². The maximum atomic E-state index is 6.25. The van der Waals surface area contributed by atoms with Gasteiger partial charge in [0.2, 0.25) is 0 Å². The van der Waals surface area contributed by atoms with E-state index in [0.29, 0.717) is 10.8 Å². The summed E-state index contributed by atoms with van der Waals surface area (Å²) in [5.74, 6) is 1.48. The predicted molar refractivity (Wildman–Crippen MR) is 116 cm³/mol. The fraction of sp³-hybridized carbons (Fsp3) is 0.727. The summed E-state index contributed by atoms with van der Waals surface area (Å²) < 4.78 is 11.4. The van der Waals surface area contributed by atoms with Gasteiger partial charge in [0.25, 0.3) is 0 Å². The van der Waals surface area contributed by atoms with E-state index in [2.05, 4.69) is 24.1 Å². The van der Waals surface area contributed by atoms with Gasteiger partial charge in [0.1, 0.15) is 0 Å². The molecule has 0 aliphatic heterocycles. The van der Waals surface area contributed by atoms with Gasteiger partial charge in [-0.2, -0.15) is 0 Å². The van der Waals surface area contributed by atoms with Crippen molar-refractivity contribution < 1.29 is 9.47 Å². The van der Waals surface area contributed by atoms with Gasteiger partial charge in [-0.3, -0.25) is 0 Å². The van der Waals surface area contributed by atoms with Crippen LogP contribution in [0.3, 0.4) is 0 Å². The van der Waals surface area contributed by atoms with E-state index in [1.165, 1.54) is 38.8 Å². The summed E-state index contributed by atoms with van der Waals surface area (Å²) in [5, 5.41) is 4.21. The molecule has 0 amide bonds. The minimum atomic E-state index is 0.0875. The molecule has 0 saturated heterocycles. The zero-order valence-corrected chi connectivity index (χ0v) is 18.7. The van der Waals surface area contributed by atoms with Crippen LogP contribution in [0.1, 0.15) is 65.4 Å². The Morgan fingerprint density at radius 3 is 2.22 bits per heavy atom. The zero-order valence-electron chi connectivity index (χ0n) is 17.9. The lowest BCUT2D eigenvalue weighted by Crippen LogP contribution is -2.29. The van der Waals surface area contributed by atoms with Crippen LogP contribution in [-0.4, -0.2) is 44.3 Å². The number of halogens is 1. The highest BCUT2D eigenvalue weighted by atomic mass is 35.5. The second kappa shape index (κ2) is 14.1. The van der Waals surface area contributed by atoms with Crippen LogP contribution in [0.25, 0.3) is 0 Å². The van der Waals surface area contributed by atoms with Gasteiger partial charge in [0, 0.05) is 23.2 Å². The van der Waals surface area contributed by atoms with Crippen molar-refractivity contribution in [3.63, 3.8) is 0 Å². The molecule has 0 saturated carbocycles. The van der Waals surface area contributed by atoms with Crippen molar-refractivity contribution in [2.45, 2.75) is 72.4 Å². The van der Waals surface area contributed by atoms with E-state index in [1.807, 2.05) is 26.0 Å². The van der Waals surface area contributed by atoms with Crippen molar-refractivity contribution in [3.05, 3.63) is 22.7 Å². The van der Waals surface area contributed by atoms with Crippen LogP contribution in [0.15, 0.2) is 12.1 Å². The summed E-state index contributed by atoms with van der Waals surface area (Å²) >= 11 is 6.25. The van der Waals surface area contributed by atoms with Gasteiger partial charge in [-0.15, -0.1) is 0 Å². The minimum absolute atomic E-state index is 0.0875. The summed E-state index contributed by atoms with van der Waals surface area (Å²) in [6.45, 7) is 13.8. The number of ether oxygens (including phenoxy) is 2. The maximum Gasteiger partial charge on any atom is 0.166 e. The number of hydrogen-bond acceptors (Lipinski definition) is 4. The molecule has 5 heteroatoms. The molecule has 0 fully saturated rings. The van der Waals surface area contributed by atoms with E-state index in [9.17, 15) is 0 Å². The standard InChI is InChI=1S/C22H39ClN2O2/c1-6-8-12-25(13-9-7-2)14-10-11-24-17-19-15-20(23)16-21(26-5)22(19)27-18(3)4/h15-16,18,24H,6-14,17H2,1-5H3. The van der Waals surface area contributed by atoms with E-state index < -0.39 is 0 Å². The molecule has 27 heavy (non-hydrogen) atoms. The third-order valence-electron chi connectivity index (χ3n) is 4.47. The molecular weight excluding hydrogens is 360 g/mol. The molecule has 1 N–H and O–H groups in total. The molecule has 0 aliphatic carbocycles. The van der Waals surface area contributed by atoms with Crippen molar-refractivity contribution in [2.75, 3.05) is 33.3 Å². The molecule has 156 valence electrons.